The van der Waals surface area contributed by atoms with Gasteiger partial charge in [0.2, 0.25) is 10.0 Å². The lowest BCUT2D eigenvalue weighted by Crippen LogP contribution is -2.48. The molecule has 1 saturated carbocycles. The summed E-state index contributed by atoms with van der Waals surface area (Å²) in [5.74, 6) is -0.340. The first-order valence-electron chi connectivity index (χ1n) is 14.3. The molecule has 3 aliphatic rings. The number of amides is 1. The van der Waals surface area contributed by atoms with Gasteiger partial charge in [0.15, 0.2) is 5.78 Å². The van der Waals surface area contributed by atoms with Gasteiger partial charge >= 0.3 is 0 Å². The van der Waals surface area contributed by atoms with Gasteiger partial charge < -0.3 is 9.64 Å². The highest BCUT2D eigenvalue weighted by Gasteiger charge is 2.40. The molecular formula is C32H32FN3O6S. The molecule has 3 aromatic rings. The molecule has 0 bridgehead atoms. The van der Waals surface area contributed by atoms with Gasteiger partial charge in [-0.3, -0.25) is 19.3 Å². The maximum Gasteiger partial charge on any atom is 0.255 e. The number of carbonyl (C=O) groups is 3. The minimum Gasteiger partial charge on any atom is -0.489 e. The van der Waals surface area contributed by atoms with Crippen molar-refractivity contribution in [3.63, 3.8) is 0 Å². The molecule has 9 nitrogen and oxygen atoms in total. The SMILES string of the molecule is O=C1CCC(N2Cc3c(OCc4ccc(CN5CCN(S(=O)(=O)c6ccc(F)cc6)CC5)cc4)cccc3C2=O)C(=O)C1. The summed E-state index contributed by atoms with van der Waals surface area (Å²) in [7, 11) is -3.65. The Morgan fingerprint density at radius 2 is 1.56 bits per heavy atom. The van der Waals surface area contributed by atoms with Crippen LogP contribution in [0.15, 0.2) is 71.6 Å². The molecule has 1 saturated heterocycles. The number of ketones is 2. The number of carbonyl (C=O) groups excluding carboxylic acids is 3. The van der Waals surface area contributed by atoms with Gasteiger partial charge in [0.05, 0.1) is 23.9 Å². The zero-order chi connectivity index (χ0) is 30.1. The number of Topliss-reactive ketones (excluding diaryl/α,β-unsaturated/α-hetero) is 2. The molecule has 6 rings (SSSR count). The van der Waals surface area contributed by atoms with E-state index >= 15 is 0 Å². The van der Waals surface area contributed by atoms with Gasteiger partial charge in [-0.15, -0.1) is 0 Å². The minimum atomic E-state index is -3.65. The Kier molecular flexibility index (Phi) is 8.13. The summed E-state index contributed by atoms with van der Waals surface area (Å²) in [4.78, 5) is 41.1. The number of hydrogen-bond acceptors (Lipinski definition) is 7. The molecule has 11 heteroatoms. The third kappa shape index (κ3) is 6.11. The fourth-order valence-corrected chi connectivity index (χ4v) is 7.37. The first-order chi connectivity index (χ1) is 20.7. The molecule has 2 heterocycles. The fraction of sp³-hybridized carbons (Fsp3) is 0.344. The Morgan fingerprint density at radius 3 is 2.26 bits per heavy atom. The summed E-state index contributed by atoms with van der Waals surface area (Å²) in [6.45, 7) is 3.17. The normalized spacial score (nSPS) is 20.0. The molecule has 1 unspecified atom stereocenters. The van der Waals surface area contributed by atoms with Crippen LogP contribution in [0.3, 0.4) is 0 Å². The van der Waals surface area contributed by atoms with Gasteiger partial charge in [0.1, 0.15) is 24.0 Å². The van der Waals surface area contributed by atoms with Gasteiger partial charge in [-0.2, -0.15) is 4.31 Å². The summed E-state index contributed by atoms with van der Waals surface area (Å²) >= 11 is 0. The van der Waals surface area contributed by atoms with E-state index in [2.05, 4.69) is 4.90 Å². The van der Waals surface area contributed by atoms with E-state index in [1.54, 1.807) is 17.0 Å². The highest BCUT2D eigenvalue weighted by Crippen LogP contribution is 2.34. The molecule has 43 heavy (non-hydrogen) atoms. The topological polar surface area (TPSA) is 104 Å². The number of hydrogen-bond donors (Lipinski definition) is 0. The molecule has 2 fully saturated rings. The number of ether oxygens (including phenoxy) is 1. The molecule has 1 atom stereocenters. The molecule has 2 aliphatic heterocycles. The number of benzene rings is 3. The van der Waals surface area contributed by atoms with Crippen LogP contribution in [0.4, 0.5) is 4.39 Å². The zero-order valence-electron chi connectivity index (χ0n) is 23.6. The number of halogens is 1. The van der Waals surface area contributed by atoms with Crippen LogP contribution in [0.25, 0.3) is 0 Å². The molecule has 0 spiro atoms. The number of rotatable bonds is 8. The van der Waals surface area contributed by atoms with Gasteiger partial charge in [-0.05, 0) is 53.9 Å². The van der Waals surface area contributed by atoms with Crippen molar-refractivity contribution in [2.24, 2.45) is 0 Å². The second kappa shape index (κ2) is 12.0. The van der Waals surface area contributed by atoms with E-state index in [0.717, 1.165) is 28.8 Å². The predicted octanol–water partition coefficient (Wildman–Crippen LogP) is 3.56. The van der Waals surface area contributed by atoms with E-state index in [9.17, 15) is 27.2 Å². The van der Waals surface area contributed by atoms with E-state index in [1.807, 2.05) is 30.3 Å². The minimum absolute atomic E-state index is 0.0722. The summed E-state index contributed by atoms with van der Waals surface area (Å²) in [5, 5.41) is 0. The monoisotopic (exact) mass is 605 g/mol. The number of sulfonamides is 1. The third-order valence-electron chi connectivity index (χ3n) is 8.37. The molecule has 224 valence electrons. The first-order valence-corrected chi connectivity index (χ1v) is 15.8. The average Bonchev–Trinajstić information content (AvgIpc) is 3.34. The van der Waals surface area contributed by atoms with Crippen molar-refractivity contribution in [1.82, 2.24) is 14.1 Å². The van der Waals surface area contributed by atoms with E-state index in [1.165, 1.54) is 16.4 Å². The predicted molar refractivity (Wildman–Crippen MR) is 155 cm³/mol. The highest BCUT2D eigenvalue weighted by atomic mass is 32.2. The maximum atomic E-state index is 13.2. The van der Waals surface area contributed by atoms with Crippen molar-refractivity contribution >= 4 is 27.5 Å². The Hall–Kier alpha value is -3.93. The third-order valence-corrected chi connectivity index (χ3v) is 10.3. The summed E-state index contributed by atoms with van der Waals surface area (Å²) in [6, 6.07) is 17.7. The number of fused-ring (bicyclic) bond motifs is 1. The van der Waals surface area contributed by atoms with Crippen molar-refractivity contribution in [1.29, 1.82) is 0 Å². The Bertz CT molecular complexity index is 1650. The fourth-order valence-electron chi connectivity index (χ4n) is 5.95. The van der Waals surface area contributed by atoms with Gasteiger partial charge in [0.25, 0.3) is 5.91 Å². The zero-order valence-corrected chi connectivity index (χ0v) is 24.4. The lowest BCUT2D eigenvalue weighted by Gasteiger charge is -2.34. The van der Waals surface area contributed by atoms with Gasteiger partial charge in [-0.25, -0.2) is 12.8 Å². The van der Waals surface area contributed by atoms with E-state index in [-0.39, 0.29) is 35.3 Å². The first kappa shape index (κ1) is 29.2. The van der Waals surface area contributed by atoms with Gasteiger partial charge in [0, 0.05) is 50.3 Å². The van der Waals surface area contributed by atoms with Gasteiger partial charge in [-0.1, -0.05) is 30.3 Å². The lowest BCUT2D eigenvalue weighted by molar-refractivity contribution is -0.133. The van der Waals surface area contributed by atoms with E-state index < -0.39 is 21.9 Å². The van der Waals surface area contributed by atoms with E-state index in [0.29, 0.717) is 63.5 Å². The van der Waals surface area contributed by atoms with Crippen LogP contribution >= 0.6 is 0 Å². The van der Waals surface area contributed by atoms with Crippen LogP contribution in [0.5, 0.6) is 5.75 Å². The molecule has 3 aromatic carbocycles. The molecule has 0 radical (unpaired) electrons. The van der Waals surface area contributed by atoms with Crippen molar-refractivity contribution < 1.29 is 31.9 Å². The van der Waals surface area contributed by atoms with Crippen LogP contribution in [-0.2, 0) is 39.3 Å². The second-order valence-corrected chi connectivity index (χ2v) is 13.1. The highest BCUT2D eigenvalue weighted by molar-refractivity contribution is 7.89. The van der Waals surface area contributed by atoms with Crippen LogP contribution in [0.1, 0.15) is 46.3 Å². The largest absolute Gasteiger partial charge is 0.489 e. The Labute approximate surface area is 249 Å². The smallest absolute Gasteiger partial charge is 0.255 e. The van der Waals surface area contributed by atoms with Crippen LogP contribution in [-0.4, -0.2) is 72.2 Å². The molecule has 0 N–H and O–H groups in total. The molecule has 0 aromatic heterocycles. The van der Waals surface area contributed by atoms with Crippen molar-refractivity contribution in [2.75, 3.05) is 26.2 Å². The Balaban J connectivity index is 1.02. The summed E-state index contributed by atoms with van der Waals surface area (Å²) in [6.07, 6.45) is 0.565. The van der Waals surface area contributed by atoms with Crippen LogP contribution in [0, 0.1) is 5.82 Å². The average molecular weight is 606 g/mol. The van der Waals surface area contributed by atoms with Crippen molar-refractivity contribution in [2.45, 2.75) is 49.9 Å². The number of piperazine rings is 1. The second-order valence-electron chi connectivity index (χ2n) is 11.2. The molecule has 1 aliphatic carbocycles. The quantitative estimate of drug-likeness (QED) is 0.362. The summed E-state index contributed by atoms with van der Waals surface area (Å²) in [5.41, 5.74) is 3.34. The standard InChI is InChI=1S/C32H32FN3O6S/c33-24-8-11-26(12-9-24)43(40,41)35-16-14-34(15-17-35)19-22-4-6-23(7-5-22)21-42-31-3-1-2-27-28(31)20-36(32(27)39)29-13-10-25(37)18-30(29)38/h1-9,11-12,29H,10,13-21H2. The molecular weight excluding hydrogens is 573 g/mol. The molecule has 1 amide bonds. The summed E-state index contributed by atoms with van der Waals surface area (Å²) < 4.78 is 46.6. The lowest BCUT2D eigenvalue weighted by atomic mass is 9.92. The maximum absolute atomic E-state index is 13.2. The van der Waals surface area contributed by atoms with Crippen LogP contribution in [0.2, 0.25) is 0 Å². The number of nitrogens with zero attached hydrogens (tertiary/aromatic N) is 3. The van der Waals surface area contributed by atoms with E-state index in [4.69, 9.17) is 4.74 Å². The van der Waals surface area contributed by atoms with Crippen LogP contribution < -0.4 is 4.74 Å². The van der Waals surface area contributed by atoms with Crippen molar-refractivity contribution in [3.05, 3.63) is 94.8 Å². The Morgan fingerprint density at radius 1 is 0.860 bits per heavy atom. The van der Waals surface area contributed by atoms with Crippen molar-refractivity contribution in [3.8, 4) is 5.75 Å².